The van der Waals surface area contributed by atoms with Gasteiger partial charge in [0.1, 0.15) is 22.9 Å². The van der Waals surface area contributed by atoms with Crippen molar-refractivity contribution in [2.75, 3.05) is 0 Å². The van der Waals surface area contributed by atoms with Crippen molar-refractivity contribution < 1.29 is 35.5 Å². The molecule has 0 saturated carbocycles. The first-order valence-electron chi connectivity index (χ1n) is 7.36. The molecule has 0 amide bonds. The summed E-state index contributed by atoms with van der Waals surface area (Å²) in [6.45, 7) is 1.76. The predicted octanol–water partition coefficient (Wildman–Crippen LogP) is 7.18. The number of hydrogen-bond acceptors (Lipinski definition) is 2. The van der Waals surface area contributed by atoms with E-state index in [0.717, 1.165) is 4.88 Å². The minimum Gasteiger partial charge on any atom is -0.429 e. The van der Waals surface area contributed by atoms with Crippen LogP contribution in [0.4, 0.5) is 30.7 Å². The van der Waals surface area contributed by atoms with Gasteiger partial charge in [-0.2, -0.15) is 8.78 Å². The fraction of sp³-hybridized carbons (Fsp3) is 0.158. The van der Waals surface area contributed by atoms with Gasteiger partial charge in [-0.15, -0.1) is 11.3 Å². The number of rotatable bonds is 4. The van der Waals surface area contributed by atoms with E-state index in [0.29, 0.717) is 17.0 Å². The van der Waals surface area contributed by atoms with E-state index in [1.807, 2.05) is 0 Å². The maximum Gasteiger partial charge on any atom is 0.432 e. The van der Waals surface area contributed by atoms with Gasteiger partial charge in [-0.3, -0.25) is 0 Å². The molecule has 1 nitrogen and oxygen atoms in total. The third-order valence-electron chi connectivity index (χ3n) is 3.56. The van der Waals surface area contributed by atoms with Crippen LogP contribution in [0, 0.1) is 36.0 Å². The molecule has 3 aromatic rings. The fourth-order valence-electron chi connectivity index (χ4n) is 2.37. The lowest BCUT2D eigenvalue weighted by Crippen LogP contribution is -2.25. The average molecular weight is 422 g/mol. The van der Waals surface area contributed by atoms with Crippen molar-refractivity contribution in [2.45, 2.75) is 20.5 Å². The summed E-state index contributed by atoms with van der Waals surface area (Å²) in [7, 11) is 0. The molecule has 0 aliphatic carbocycles. The van der Waals surface area contributed by atoms with Gasteiger partial charge in [0.25, 0.3) is 0 Å². The van der Waals surface area contributed by atoms with E-state index < -0.39 is 46.5 Å². The van der Waals surface area contributed by atoms with Gasteiger partial charge >= 0.3 is 6.11 Å². The first-order valence-corrected chi connectivity index (χ1v) is 8.18. The van der Waals surface area contributed by atoms with Crippen LogP contribution in [0.25, 0.3) is 10.4 Å². The summed E-state index contributed by atoms with van der Waals surface area (Å²) in [4.78, 5) is 1.31. The second kappa shape index (κ2) is 7.83. The minimum atomic E-state index is -4.60. The highest BCUT2D eigenvalue weighted by Crippen LogP contribution is 2.38. The highest BCUT2D eigenvalue weighted by molar-refractivity contribution is 7.15. The monoisotopic (exact) mass is 422 g/mol. The lowest BCUT2D eigenvalue weighted by atomic mass is 10.1. The Labute approximate surface area is 160 Å². The van der Waals surface area contributed by atoms with Crippen molar-refractivity contribution in [2.24, 2.45) is 0 Å². The van der Waals surface area contributed by atoms with Gasteiger partial charge in [0.05, 0.1) is 0 Å². The van der Waals surface area contributed by atoms with Gasteiger partial charge in [0.2, 0.25) is 0 Å². The van der Waals surface area contributed by atoms with Gasteiger partial charge in [-0.1, -0.05) is 7.43 Å². The van der Waals surface area contributed by atoms with Crippen LogP contribution in [0.3, 0.4) is 0 Å². The highest BCUT2D eigenvalue weighted by Gasteiger charge is 2.41. The standard InChI is InChI=1S/C18H9F7OS.CH4/c1-8-2-3-15(27-8)9-4-11(19)16(12(20)5-9)18(24,25)26-10-6-13(21)17(23)14(22)7-10;/h2-7H,1H3;1H4. The smallest absolute Gasteiger partial charge is 0.429 e. The van der Waals surface area contributed by atoms with Crippen LogP contribution in [-0.2, 0) is 6.11 Å². The second-order valence-corrected chi connectivity index (χ2v) is 6.83. The molecule has 0 fully saturated rings. The van der Waals surface area contributed by atoms with Crippen molar-refractivity contribution in [3.63, 3.8) is 0 Å². The molecule has 9 heteroatoms. The van der Waals surface area contributed by atoms with Crippen LogP contribution in [0.15, 0.2) is 36.4 Å². The highest BCUT2D eigenvalue weighted by atomic mass is 32.1. The van der Waals surface area contributed by atoms with Gasteiger partial charge in [0.15, 0.2) is 17.5 Å². The van der Waals surface area contributed by atoms with Crippen molar-refractivity contribution in [1.82, 2.24) is 0 Å². The summed E-state index contributed by atoms with van der Waals surface area (Å²) < 4.78 is 100. The van der Waals surface area contributed by atoms with E-state index >= 15 is 0 Å². The van der Waals surface area contributed by atoms with Gasteiger partial charge in [0, 0.05) is 21.9 Å². The molecule has 0 spiro atoms. The molecular weight excluding hydrogens is 409 g/mol. The van der Waals surface area contributed by atoms with E-state index in [2.05, 4.69) is 4.74 Å². The van der Waals surface area contributed by atoms with Gasteiger partial charge in [-0.05, 0) is 36.8 Å². The molecule has 150 valence electrons. The van der Waals surface area contributed by atoms with Crippen LogP contribution in [-0.4, -0.2) is 0 Å². The second-order valence-electron chi connectivity index (χ2n) is 5.54. The summed E-state index contributed by atoms with van der Waals surface area (Å²) in [6, 6.07) is 4.96. The van der Waals surface area contributed by atoms with Gasteiger partial charge < -0.3 is 4.74 Å². The quantitative estimate of drug-likeness (QED) is 0.320. The molecule has 0 N–H and O–H groups in total. The molecule has 1 aromatic heterocycles. The Bertz CT molecular complexity index is 967. The molecule has 0 aliphatic rings. The Morgan fingerprint density at radius 1 is 0.821 bits per heavy atom. The lowest BCUT2D eigenvalue weighted by molar-refractivity contribution is -0.189. The van der Waals surface area contributed by atoms with Gasteiger partial charge in [-0.25, -0.2) is 22.0 Å². The maximum absolute atomic E-state index is 14.2. The zero-order chi connectivity index (χ0) is 19.9. The zero-order valence-corrected chi connectivity index (χ0v) is 14.2. The lowest BCUT2D eigenvalue weighted by Gasteiger charge is -2.20. The molecule has 0 unspecified atom stereocenters. The number of ether oxygens (including phenoxy) is 1. The predicted molar refractivity (Wildman–Crippen MR) is 92.0 cm³/mol. The summed E-state index contributed by atoms with van der Waals surface area (Å²) in [6.07, 6.45) is -4.60. The SMILES string of the molecule is C.Cc1ccc(-c2cc(F)c(C(F)(F)Oc3cc(F)c(F)c(F)c3)c(F)c2)s1. The van der Waals surface area contributed by atoms with Crippen LogP contribution in [0.5, 0.6) is 5.75 Å². The normalized spacial score (nSPS) is 11.3. The third kappa shape index (κ3) is 4.14. The summed E-state index contributed by atoms with van der Waals surface area (Å²) in [5.41, 5.74) is -1.69. The first kappa shape index (κ1) is 21.7. The third-order valence-corrected chi connectivity index (χ3v) is 4.61. The summed E-state index contributed by atoms with van der Waals surface area (Å²) in [5, 5.41) is 0. The van der Waals surface area contributed by atoms with E-state index in [-0.39, 0.29) is 25.1 Å². The van der Waals surface area contributed by atoms with Crippen molar-refractivity contribution >= 4 is 11.3 Å². The fourth-order valence-corrected chi connectivity index (χ4v) is 3.23. The van der Waals surface area contributed by atoms with E-state index in [4.69, 9.17) is 0 Å². The van der Waals surface area contributed by atoms with Crippen molar-refractivity contribution in [3.05, 3.63) is 75.9 Å². The molecule has 1 heterocycles. The Morgan fingerprint density at radius 2 is 1.36 bits per heavy atom. The zero-order valence-electron chi connectivity index (χ0n) is 13.4. The van der Waals surface area contributed by atoms with Crippen molar-refractivity contribution in [1.29, 1.82) is 0 Å². The Balaban J connectivity index is 0.00000280. The van der Waals surface area contributed by atoms with Crippen LogP contribution < -0.4 is 4.74 Å². The largest absolute Gasteiger partial charge is 0.432 e. The maximum atomic E-state index is 14.2. The summed E-state index contributed by atoms with van der Waals surface area (Å²) >= 11 is 1.21. The van der Waals surface area contributed by atoms with Crippen LogP contribution in [0.1, 0.15) is 17.9 Å². The molecule has 0 radical (unpaired) electrons. The number of aryl methyl sites for hydroxylation is 1. The van der Waals surface area contributed by atoms with Crippen LogP contribution >= 0.6 is 11.3 Å². The molecular formula is C19H13F7OS. The molecule has 2 aromatic carbocycles. The summed E-state index contributed by atoms with van der Waals surface area (Å²) in [5.74, 6) is -9.81. The minimum absolute atomic E-state index is 0. The molecule has 0 bridgehead atoms. The molecule has 0 saturated heterocycles. The Kier molecular flexibility index (Phi) is 6.08. The number of alkyl halides is 2. The molecule has 3 rings (SSSR count). The number of halogens is 7. The Hall–Kier alpha value is -2.55. The molecule has 0 aliphatic heterocycles. The average Bonchev–Trinajstić information content (AvgIpc) is 2.97. The Morgan fingerprint density at radius 3 is 1.82 bits per heavy atom. The number of thiophene rings is 1. The number of benzene rings is 2. The topological polar surface area (TPSA) is 9.23 Å². The number of hydrogen-bond donors (Lipinski definition) is 0. The van der Waals surface area contributed by atoms with E-state index in [1.165, 1.54) is 11.3 Å². The van der Waals surface area contributed by atoms with Crippen molar-refractivity contribution in [3.8, 4) is 16.2 Å². The first-order chi connectivity index (χ1) is 12.6. The van der Waals surface area contributed by atoms with E-state index in [9.17, 15) is 30.7 Å². The van der Waals surface area contributed by atoms with E-state index in [1.54, 1.807) is 19.1 Å². The molecule has 0 atom stereocenters. The molecule has 28 heavy (non-hydrogen) atoms. The van der Waals surface area contributed by atoms with Crippen LogP contribution in [0.2, 0.25) is 0 Å².